The molecule has 2 amide bonds. The van der Waals surface area contributed by atoms with Gasteiger partial charge >= 0.3 is 0 Å². The fourth-order valence-electron chi connectivity index (χ4n) is 2.72. The number of nitrogens with zero attached hydrogens (tertiary/aromatic N) is 1. The normalized spacial score (nSPS) is 17.1. The number of hydrogen-bond donors (Lipinski definition) is 1. The summed E-state index contributed by atoms with van der Waals surface area (Å²) >= 11 is 12.1. The maximum absolute atomic E-state index is 12.8. The van der Waals surface area contributed by atoms with E-state index in [9.17, 15) is 9.59 Å². The Morgan fingerprint density at radius 1 is 1.16 bits per heavy atom. The minimum Gasteiger partial charge on any atom is -0.492 e. The Morgan fingerprint density at radius 3 is 2.68 bits per heavy atom. The molecule has 0 bridgehead atoms. The maximum atomic E-state index is 12.8. The molecule has 3 rings (SSSR count). The Labute approximate surface area is 155 Å². The summed E-state index contributed by atoms with van der Waals surface area (Å²) in [7, 11) is 0. The van der Waals surface area contributed by atoms with Gasteiger partial charge in [0.25, 0.3) is 5.91 Å². The summed E-state index contributed by atoms with van der Waals surface area (Å²) in [6, 6.07) is 11.3. The minimum atomic E-state index is -0.710. The number of carbonyl (C=O) groups excluding carboxylic acids is 2. The van der Waals surface area contributed by atoms with Crippen molar-refractivity contribution < 1.29 is 14.3 Å². The second-order valence-electron chi connectivity index (χ2n) is 5.47. The molecule has 0 aromatic heterocycles. The van der Waals surface area contributed by atoms with Crippen LogP contribution in [0.25, 0.3) is 0 Å². The van der Waals surface area contributed by atoms with Gasteiger partial charge in [-0.25, -0.2) is 4.90 Å². The van der Waals surface area contributed by atoms with Crippen molar-refractivity contribution in [3.63, 3.8) is 0 Å². The van der Waals surface area contributed by atoms with Gasteiger partial charge in [-0.05, 0) is 31.2 Å². The van der Waals surface area contributed by atoms with Crippen molar-refractivity contribution in [2.45, 2.75) is 19.4 Å². The predicted molar refractivity (Wildman–Crippen MR) is 98.6 cm³/mol. The van der Waals surface area contributed by atoms with Crippen LogP contribution in [0.4, 0.5) is 11.4 Å². The first-order chi connectivity index (χ1) is 12.0. The van der Waals surface area contributed by atoms with E-state index < -0.39 is 6.04 Å². The van der Waals surface area contributed by atoms with E-state index in [2.05, 4.69) is 5.32 Å². The summed E-state index contributed by atoms with van der Waals surface area (Å²) in [5.74, 6) is -0.158. The Balaban J connectivity index is 1.87. The fourth-order valence-corrected chi connectivity index (χ4v) is 3.08. The summed E-state index contributed by atoms with van der Waals surface area (Å²) in [4.78, 5) is 26.4. The smallest absolute Gasteiger partial charge is 0.256 e. The number of para-hydroxylation sites is 2. The van der Waals surface area contributed by atoms with Crippen molar-refractivity contribution in [2.75, 3.05) is 16.8 Å². The number of halogens is 2. The molecule has 1 N–H and O–H groups in total. The first-order valence-corrected chi connectivity index (χ1v) is 8.57. The van der Waals surface area contributed by atoms with Crippen LogP contribution in [0.2, 0.25) is 10.0 Å². The summed E-state index contributed by atoms with van der Waals surface area (Å²) in [5, 5.41) is 3.71. The second-order valence-corrected chi connectivity index (χ2v) is 6.26. The second kappa shape index (κ2) is 7.33. The molecule has 1 aliphatic heterocycles. The monoisotopic (exact) mass is 378 g/mol. The van der Waals surface area contributed by atoms with Crippen molar-refractivity contribution in [3.05, 3.63) is 52.5 Å². The van der Waals surface area contributed by atoms with Gasteiger partial charge in [0, 0.05) is 0 Å². The van der Waals surface area contributed by atoms with Crippen LogP contribution in [0.15, 0.2) is 42.5 Å². The van der Waals surface area contributed by atoms with E-state index in [1.807, 2.05) is 6.92 Å². The first kappa shape index (κ1) is 17.6. The summed E-state index contributed by atoms with van der Waals surface area (Å²) in [6.07, 6.45) is 0.0299. The van der Waals surface area contributed by atoms with Gasteiger partial charge in [-0.2, -0.15) is 0 Å². The summed E-state index contributed by atoms with van der Waals surface area (Å²) < 4.78 is 5.53. The highest BCUT2D eigenvalue weighted by Gasteiger charge is 2.41. The zero-order valence-electron chi connectivity index (χ0n) is 13.5. The number of benzene rings is 2. The first-order valence-electron chi connectivity index (χ1n) is 7.82. The zero-order valence-corrected chi connectivity index (χ0v) is 15.0. The SMILES string of the molecule is CCOc1ccccc1N1C(=O)CC(Nc2cccc(Cl)c2Cl)C1=O. The van der Waals surface area contributed by atoms with Gasteiger partial charge in [0.15, 0.2) is 0 Å². The molecular formula is C18H16Cl2N2O3. The van der Waals surface area contributed by atoms with Crippen LogP contribution < -0.4 is 15.0 Å². The van der Waals surface area contributed by atoms with Gasteiger partial charge in [-0.3, -0.25) is 9.59 Å². The van der Waals surface area contributed by atoms with Crippen molar-refractivity contribution in [1.29, 1.82) is 0 Å². The van der Waals surface area contributed by atoms with Crippen LogP contribution in [0.5, 0.6) is 5.75 Å². The maximum Gasteiger partial charge on any atom is 0.256 e. The van der Waals surface area contributed by atoms with Gasteiger partial charge in [-0.1, -0.05) is 41.4 Å². The molecule has 130 valence electrons. The molecule has 5 nitrogen and oxygen atoms in total. The Hall–Kier alpha value is -2.24. The van der Waals surface area contributed by atoms with Gasteiger partial charge in [0.1, 0.15) is 11.8 Å². The molecule has 2 aromatic carbocycles. The third-order valence-corrected chi connectivity index (χ3v) is 4.65. The number of nitrogens with one attached hydrogen (secondary N) is 1. The van der Waals surface area contributed by atoms with Gasteiger partial charge < -0.3 is 10.1 Å². The molecule has 25 heavy (non-hydrogen) atoms. The van der Waals surface area contributed by atoms with Crippen LogP contribution in [0, 0.1) is 0 Å². The van der Waals surface area contributed by atoms with Crippen LogP contribution in [-0.2, 0) is 9.59 Å². The molecular weight excluding hydrogens is 363 g/mol. The number of amides is 2. The lowest BCUT2D eigenvalue weighted by Crippen LogP contribution is -2.35. The van der Waals surface area contributed by atoms with Gasteiger partial charge in [0.2, 0.25) is 5.91 Å². The molecule has 1 atom stereocenters. The number of hydrogen-bond acceptors (Lipinski definition) is 4. The number of anilines is 2. The summed E-state index contributed by atoms with van der Waals surface area (Å²) in [5.41, 5.74) is 0.959. The fraction of sp³-hybridized carbons (Fsp3) is 0.222. The van der Waals surface area contributed by atoms with Crippen molar-refractivity contribution >= 4 is 46.4 Å². The van der Waals surface area contributed by atoms with Gasteiger partial charge in [0.05, 0.1) is 34.4 Å². The quantitative estimate of drug-likeness (QED) is 0.794. The van der Waals surface area contributed by atoms with Crippen molar-refractivity contribution in [3.8, 4) is 5.75 Å². The molecule has 0 radical (unpaired) electrons. The molecule has 1 unspecified atom stereocenters. The predicted octanol–water partition coefficient (Wildman–Crippen LogP) is 4.14. The lowest BCUT2D eigenvalue weighted by atomic mass is 10.2. The van der Waals surface area contributed by atoms with Crippen LogP contribution in [0.3, 0.4) is 0 Å². The van der Waals surface area contributed by atoms with Gasteiger partial charge in [-0.15, -0.1) is 0 Å². The van der Waals surface area contributed by atoms with E-state index in [4.69, 9.17) is 27.9 Å². The van der Waals surface area contributed by atoms with E-state index in [1.165, 1.54) is 0 Å². The van der Waals surface area contributed by atoms with E-state index in [1.54, 1.807) is 42.5 Å². The molecule has 1 heterocycles. The van der Waals surface area contributed by atoms with E-state index in [0.717, 1.165) is 4.90 Å². The largest absolute Gasteiger partial charge is 0.492 e. The molecule has 1 fully saturated rings. The Kier molecular flexibility index (Phi) is 5.16. The van der Waals surface area contributed by atoms with Crippen LogP contribution in [0.1, 0.15) is 13.3 Å². The van der Waals surface area contributed by atoms with E-state index >= 15 is 0 Å². The average molecular weight is 379 g/mol. The molecule has 1 aliphatic rings. The summed E-state index contributed by atoms with van der Waals surface area (Å²) in [6.45, 7) is 2.28. The number of rotatable bonds is 5. The molecule has 0 saturated carbocycles. The molecule has 7 heteroatoms. The highest BCUT2D eigenvalue weighted by Crippen LogP contribution is 2.35. The lowest BCUT2D eigenvalue weighted by molar-refractivity contribution is -0.121. The number of carbonyl (C=O) groups is 2. The van der Waals surface area contributed by atoms with E-state index in [-0.39, 0.29) is 18.2 Å². The highest BCUT2D eigenvalue weighted by molar-refractivity contribution is 6.43. The van der Waals surface area contributed by atoms with E-state index in [0.29, 0.717) is 33.8 Å². The molecule has 1 saturated heterocycles. The number of ether oxygens (including phenoxy) is 1. The zero-order chi connectivity index (χ0) is 18.0. The Bertz CT molecular complexity index is 826. The van der Waals surface area contributed by atoms with Crippen molar-refractivity contribution in [2.24, 2.45) is 0 Å². The minimum absolute atomic E-state index is 0.0299. The Morgan fingerprint density at radius 2 is 1.92 bits per heavy atom. The topological polar surface area (TPSA) is 58.6 Å². The van der Waals surface area contributed by atoms with Crippen LogP contribution >= 0.6 is 23.2 Å². The highest BCUT2D eigenvalue weighted by atomic mass is 35.5. The average Bonchev–Trinajstić information content (AvgIpc) is 2.87. The molecule has 0 spiro atoms. The number of imide groups is 1. The third-order valence-electron chi connectivity index (χ3n) is 3.83. The third kappa shape index (κ3) is 3.43. The van der Waals surface area contributed by atoms with Crippen molar-refractivity contribution in [1.82, 2.24) is 0 Å². The lowest BCUT2D eigenvalue weighted by Gasteiger charge is -2.19. The standard InChI is InChI=1S/C18H16Cl2N2O3/c1-2-25-15-9-4-3-8-14(15)22-16(23)10-13(18(22)24)21-12-7-5-6-11(19)17(12)20/h3-9,13,21H,2,10H2,1H3. The molecule has 0 aliphatic carbocycles. The molecule has 2 aromatic rings. The van der Waals surface area contributed by atoms with Crippen LogP contribution in [-0.4, -0.2) is 24.5 Å².